The first-order chi connectivity index (χ1) is 21.6. The Balaban J connectivity index is 1.22. The summed E-state index contributed by atoms with van der Waals surface area (Å²) >= 11 is 9.52. The number of ether oxygens (including phenoxy) is 1. The Morgan fingerprint density at radius 1 is 0.978 bits per heavy atom. The highest BCUT2D eigenvalue weighted by Crippen LogP contribution is 2.53. The molecule has 1 saturated carbocycles. The lowest BCUT2D eigenvalue weighted by molar-refractivity contribution is -0.123. The number of carbonyl (C=O) groups is 4. The third-order valence-corrected chi connectivity index (χ3v) is 9.94. The maximum absolute atomic E-state index is 13.7. The summed E-state index contributed by atoms with van der Waals surface area (Å²) in [6.45, 7) is 3.55. The highest BCUT2D eigenvalue weighted by Gasteiger charge is 2.59. The standard InChI is InChI=1S/C36H28BrClN2O5/c1-3-19-15-24(37)16-27-28(36(44)45-18(2)33(41)21-6-10-25(38)11-7-21)17-29(39-32(19)27)20-8-12-26(13-9-20)40-34(42)30-22-4-5-23(14-22)31(30)35(40)43/h4-13,15-18,22-23,30-31H,3,14H2,1-2H3. The molecular formula is C36H28BrClN2O5. The number of carbonyl (C=O) groups excluding carboxylic acids is 4. The maximum atomic E-state index is 13.7. The number of esters is 1. The van der Waals surface area contributed by atoms with Gasteiger partial charge in [0.2, 0.25) is 17.6 Å². The van der Waals surface area contributed by atoms with Gasteiger partial charge in [0.15, 0.2) is 6.10 Å². The lowest BCUT2D eigenvalue weighted by Crippen LogP contribution is -2.32. The zero-order chi connectivity index (χ0) is 31.6. The Morgan fingerprint density at radius 2 is 1.62 bits per heavy atom. The molecule has 1 aliphatic heterocycles. The van der Waals surface area contributed by atoms with Crippen molar-refractivity contribution in [3.8, 4) is 11.3 Å². The van der Waals surface area contributed by atoms with E-state index in [1.54, 1.807) is 61.5 Å². The number of pyridine rings is 1. The first-order valence-electron chi connectivity index (χ1n) is 14.9. The molecule has 1 saturated heterocycles. The van der Waals surface area contributed by atoms with Gasteiger partial charge in [-0.3, -0.25) is 19.3 Å². The van der Waals surface area contributed by atoms with Crippen LogP contribution in [0.2, 0.25) is 5.02 Å². The van der Waals surface area contributed by atoms with Gasteiger partial charge in [-0.05, 0) is 91.8 Å². The SMILES string of the molecule is CCc1cc(Br)cc2c(C(=O)OC(C)C(=O)c3ccc(Cl)cc3)cc(-c3ccc(N4C(=O)C5C6C=CC(C6)C5C4=O)cc3)nc12. The van der Waals surface area contributed by atoms with E-state index in [1.165, 1.54) is 4.90 Å². The van der Waals surface area contributed by atoms with Crippen LogP contribution in [0, 0.1) is 23.7 Å². The van der Waals surface area contributed by atoms with E-state index in [1.807, 2.05) is 19.1 Å². The number of hydrogen-bond donors (Lipinski definition) is 0. The summed E-state index contributed by atoms with van der Waals surface area (Å²) in [7, 11) is 0. The average molecular weight is 684 g/mol. The molecule has 3 aromatic carbocycles. The number of benzene rings is 3. The van der Waals surface area contributed by atoms with Gasteiger partial charge >= 0.3 is 5.97 Å². The van der Waals surface area contributed by atoms with Crippen molar-refractivity contribution in [3.63, 3.8) is 0 Å². The molecule has 7 rings (SSSR count). The molecule has 226 valence electrons. The van der Waals surface area contributed by atoms with E-state index in [9.17, 15) is 19.2 Å². The van der Waals surface area contributed by atoms with Gasteiger partial charge in [0, 0.05) is 26.0 Å². The first kappa shape index (κ1) is 29.6. The van der Waals surface area contributed by atoms with Crippen molar-refractivity contribution < 1.29 is 23.9 Å². The fraction of sp³-hybridized carbons (Fsp3) is 0.250. The third-order valence-electron chi connectivity index (χ3n) is 9.23. The van der Waals surface area contributed by atoms with Crippen molar-refractivity contribution in [1.82, 2.24) is 4.98 Å². The molecule has 7 nitrogen and oxygen atoms in total. The van der Waals surface area contributed by atoms with Crippen LogP contribution in [0.1, 0.15) is 46.5 Å². The van der Waals surface area contributed by atoms with Crippen LogP contribution in [-0.4, -0.2) is 34.7 Å². The van der Waals surface area contributed by atoms with E-state index in [4.69, 9.17) is 21.3 Å². The molecule has 2 aliphatic carbocycles. The summed E-state index contributed by atoms with van der Waals surface area (Å²) in [4.78, 5) is 59.6. The normalized spacial score (nSPS) is 22.3. The van der Waals surface area contributed by atoms with Crippen molar-refractivity contribution in [1.29, 1.82) is 0 Å². The van der Waals surface area contributed by atoms with Gasteiger partial charge in [0.05, 0.1) is 34.3 Å². The van der Waals surface area contributed by atoms with Gasteiger partial charge in [-0.1, -0.05) is 58.7 Å². The van der Waals surface area contributed by atoms with Gasteiger partial charge in [0.25, 0.3) is 0 Å². The minimum absolute atomic E-state index is 0.135. The molecule has 2 amide bonds. The predicted octanol–water partition coefficient (Wildman–Crippen LogP) is 7.62. The summed E-state index contributed by atoms with van der Waals surface area (Å²) < 4.78 is 6.50. The van der Waals surface area contributed by atoms with E-state index in [0.29, 0.717) is 44.9 Å². The van der Waals surface area contributed by atoms with E-state index in [2.05, 4.69) is 28.1 Å². The lowest BCUT2D eigenvalue weighted by Gasteiger charge is -2.18. The Bertz CT molecular complexity index is 1910. The summed E-state index contributed by atoms with van der Waals surface area (Å²) in [5.41, 5.74) is 3.98. The average Bonchev–Trinajstić information content (AvgIpc) is 3.73. The second-order valence-corrected chi connectivity index (χ2v) is 13.2. The topological polar surface area (TPSA) is 93.6 Å². The number of allylic oxidation sites excluding steroid dienone is 2. The van der Waals surface area contributed by atoms with Crippen LogP contribution in [0.25, 0.3) is 22.2 Å². The number of aryl methyl sites for hydroxylation is 1. The molecule has 4 aromatic rings. The van der Waals surface area contributed by atoms with Crippen molar-refractivity contribution in [2.45, 2.75) is 32.8 Å². The number of fused-ring (bicyclic) bond motifs is 6. The summed E-state index contributed by atoms with van der Waals surface area (Å²) in [5, 5.41) is 1.10. The summed E-state index contributed by atoms with van der Waals surface area (Å²) in [6.07, 6.45) is 4.67. The molecule has 0 radical (unpaired) electrons. The molecule has 9 heteroatoms. The van der Waals surface area contributed by atoms with Gasteiger partial charge in [-0.15, -0.1) is 0 Å². The number of aromatic nitrogens is 1. The molecule has 3 aliphatic rings. The predicted molar refractivity (Wildman–Crippen MR) is 175 cm³/mol. The molecule has 0 N–H and O–H groups in total. The zero-order valence-corrected chi connectivity index (χ0v) is 26.8. The molecule has 2 fully saturated rings. The quantitative estimate of drug-likeness (QED) is 0.0862. The first-order valence-corrected chi connectivity index (χ1v) is 16.1. The van der Waals surface area contributed by atoms with Crippen LogP contribution in [-0.2, 0) is 20.7 Å². The Labute approximate surface area is 273 Å². The van der Waals surface area contributed by atoms with Crippen LogP contribution < -0.4 is 4.90 Å². The third kappa shape index (κ3) is 5.00. The largest absolute Gasteiger partial charge is 0.451 e. The van der Waals surface area contributed by atoms with Crippen molar-refractivity contribution >= 4 is 67.7 Å². The number of hydrogen-bond acceptors (Lipinski definition) is 6. The zero-order valence-electron chi connectivity index (χ0n) is 24.5. The molecule has 2 bridgehead atoms. The number of amides is 2. The highest BCUT2D eigenvalue weighted by atomic mass is 79.9. The number of rotatable bonds is 7. The van der Waals surface area contributed by atoms with E-state index in [0.717, 1.165) is 16.5 Å². The number of Topliss-reactive ketones (excluding diaryl/α,β-unsaturated/α-hetero) is 1. The van der Waals surface area contributed by atoms with Crippen molar-refractivity contribution in [2.24, 2.45) is 23.7 Å². The molecule has 5 atom stereocenters. The van der Waals surface area contributed by atoms with Gasteiger partial charge < -0.3 is 4.74 Å². The Morgan fingerprint density at radius 3 is 2.24 bits per heavy atom. The molecular weight excluding hydrogens is 656 g/mol. The number of anilines is 1. The molecule has 5 unspecified atom stereocenters. The number of imide groups is 1. The Kier molecular flexibility index (Phi) is 7.45. The maximum Gasteiger partial charge on any atom is 0.339 e. The van der Waals surface area contributed by atoms with Gasteiger partial charge in [-0.2, -0.15) is 0 Å². The summed E-state index contributed by atoms with van der Waals surface area (Å²) in [5.74, 6) is -1.54. The van der Waals surface area contributed by atoms with Gasteiger partial charge in [-0.25, -0.2) is 9.78 Å². The minimum atomic E-state index is -1.04. The monoisotopic (exact) mass is 682 g/mol. The van der Waals surface area contributed by atoms with Crippen LogP contribution in [0.3, 0.4) is 0 Å². The minimum Gasteiger partial charge on any atom is -0.451 e. The van der Waals surface area contributed by atoms with E-state index >= 15 is 0 Å². The molecule has 45 heavy (non-hydrogen) atoms. The second-order valence-electron chi connectivity index (χ2n) is 11.8. The van der Waals surface area contributed by atoms with E-state index in [-0.39, 0.29) is 46.8 Å². The van der Waals surface area contributed by atoms with Crippen LogP contribution in [0.4, 0.5) is 5.69 Å². The van der Waals surface area contributed by atoms with Crippen molar-refractivity contribution in [2.75, 3.05) is 4.90 Å². The molecule has 0 spiro atoms. The fourth-order valence-electron chi connectivity index (χ4n) is 7.01. The molecule has 1 aromatic heterocycles. The van der Waals surface area contributed by atoms with Gasteiger partial charge in [0.1, 0.15) is 0 Å². The Hall–Kier alpha value is -4.14. The van der Waals surface area contributed by atoms with Crippen LogP contribution >= 0.6 is 27.5 Å². The van der Waals surface area contributed by atoms with Crippen LogP contribution in [0.5, 0.6) is 0 Å². The number of nitrogens with zero attached hydrogens (tertiary/aromatic N) is 2. The van der Waals surface area contributed by atoms with E-state index < -0.39 is 12.1 Å². The van der Waals surface area contributed by atoms with Crippen LogP contribution in [0.15, 0.2) is 83.4 Å². The van der Waals surface area contributed by atoms with Crippen molar-refractivity contribution in [3.05, 3.63) is 105 Å². The number of ketones is 1. The lowest BCUT2D eigenvalue weighted by atomic mass is 9.85. The number of halogens is 2. The summed E-state index contributed by atoms with van der Waals surface area (Å²) in [6, 6.07) is 19.0. The highest BCUT2D eigenvalue weighted by molar-refractivity contribution is 9.10. The second kappa shape index (κ2) is 11.3. The molecule has 2 heterocycles. The smallest absolute Gasteiger partial charge is 0.339 e. The fourth-order valence-corrected chi connectivity index (χ4v) is 7.64.